The summed E-state index contributed by atoms with van der Waals surface area (Å²) < 4.78 is 1.94. The predicted octanol–water partition coefficient (Wildman–Crippen LogP) is 3.93. The molecule has 0 fully saturated rings. The van der Waals surface area contributed by atoms with Gasteiger partial charge in [0.05, 0.1) is 5.52 Å². The van der Waals surface area contributed by atoms with Crippen molar-refractivity contribution in [2.75, 3.05) is 0 Å². The van der Waals surface area contributed by atoms with Gasteiger partial charge in [-0.3, -0.25) is 0 Å². The molecule has 3 heteroatoms. The van der Waals surface area contributed by atoms with Crippen molar-refractivity contribution < 1.29 is 0 Å². The second kappa shape index (κ2) is 3.92. The fraction of sp³-hybridized carbons (Fsp3) is 0.100. The molecule has 1 nitrogen and oxygen atoms in total. The number of aromatic nitrogens is 1. The van der Waals surface area contributed by atoms with Crippen molar-refractivity contribution in [3.63, 3.8) is 0 Å². The maximum absolute atomic E-state index is 4.37. The Morgan fingerprint density at radius 2 is 2.08 bits per heavy atom. The molecule has 0 atom stereocenters. The minimum Gasteiger partial charge on any atom is -0.241 e. The molecule has 0 unspecified atom stereocenters. The molecule has 1 heterocycles. The van der Waals surface area contributed by atoms with Gasteiger partial charge in [0, 0.05) is 9.81 Å². The minimum atomic E-state index is 0.891. The Balaban J connectivity index is 2.66. The maximum Gasteiger partial charge on any atom is 0.106 e. The zero-order valence-corrected chi connectivity index (χ0v) is 10.5. The molecule has 66 valence electrons. The van der Waals surface area contributed by atoms with Crippen LogP contribution in [0.3, 0.4) is 0 Å². The van der Waals surface area contributed by atoms with Gasteiger partial charge in [0.15, 0.2) is 0 Å². The first-order chi connectivity index (χ1) is 6.29. The smallest absolute Gasteiger partial charge is 0.106 e. The van der Waals surface area contributed by atoms with Gasteiger partial charge >= 0.3 is 0 Å². The van der Waals surface area contributed by atoms with Crippen molar-refractivity contribution in [1.29, 1.82) is 0 Å². The molecule has 2 rings (SSSR count). The molecule has 1 aromatic heterocycles. The van der Waals surface area contributed by atoms with Crippen LogP contribution in [-0.4, -0.2) is 4.98 Å². The van der Waals surface area contributed by atoms with Gasteiger partial charge in [0.25, 0.3) is 0 Å². The van der Waals surface area contributed by atoms with Gasteiger partial charge in [-0.05, 0) is 39.7 Å². The molecule has 0 bridgehead atoms. The van der Waals surface area contributed by atoms with Crippen molar-refractivity contribution in [3.8, 4) is 0 Å². The number of halogens is 2. The zero-order chi connectivity index (χ0) is 9.26. The highest BCUT2D eigenvalue weighted by atomic mass is 127. The second-order valence-corrected chi connectivity index (χ2v) is 4.37. The molecule has 0 amide bonds. The number of alkyl halides is 1. The van der Waals surface area contributed by atoms with Crippen LogP contribution in [0.25, 0.3) is 10.9 Å². The van der Waals surface area contributed by atoms with Crippen LogP contribution in [0.15, 0.2) is 34.9 Å². The zero-order valence-electron chi connectivity index (χ0n) is 6.80. The number of hydrogen-bond donors (Lipinski definition) is 0. The number of pyridine rings is 1. The summed E-state index contributed by atoms with van der Waals surface area (Å²) in [5.41, 5.74) is 2.39. The molecule has 0 saturated carbocycles. The quantitative estimate of drug-likeness (QED) is 0.432. The topological polar surface area (TPSA) is 12.9 Å². The van der Waals surface area contributed by atoms with Crippen LogP contribution >= 0.6 is 38.5 Å². The maximum atomic E-state index is 4.37. The summed E-state index contributed by atoms with van der Waals surface area (Å²) >= 11 is 5.72. The lowest BCUT2D eigenvalue weighted by molar-refractivity contribution is 1.34. The lowest BCUT2D eigenvalue weighted by Crippen LogP contribution is -1.82. The SMILES string of the molecule is Brc1ccc2cc(CI)ccc2n1. The monoisotopic (exact) mass is 347 g/mol. The minimum absolute atomic E-state index is 0.891. The molecule has 2 aromatic rings. The van der Waals surface area contributed by atoms with E-state index in [0.29, 0.717) is 0 Å². The normalized spacial score (nSPS) is 10.6. The number of nitrogens with zero attached hydrogens (tertiary/aromatic N) is 1. The number of fused-ring (bicyclic) bond motifs is 1. The van der Waals surface area contributed by atoms with Crippen LogP contribution in [0.2, 0.25) is 0 Å². The van der Waals surface area contributed by atoms with E-state index >= 15 is 0 Å². The largest absolute Gasteiger partial charge is 0.241 e. The third-order valence-corrected chi connectivity index (χ3v) is 3.20. The van der Waals surface area contributed by atoms with Crippen LogP contribution in [0.5, 0.6) is 0 Å². The molecular weight excluding hydrogens is 341 g/mol. The van der Waals surface area contributed by atoms with E-state index < -0.39 is 0 Å². The third-order valence-electron chi connectivity index (χ3n) is 1.87. The first kappa shape index (κ1) is 9.40. The van der Waals surface area contributed by atoms with Crippen LogP contribution in [0.1, 0.15) is 5.56 Å². The molecule has 13 heavy (non-hydrogen) atoms. The van der Waals surface area contributed by atoms with Gasteiger partial charge in [-0.15, -0.1) is 0 Å². The summed E-state index contributed by atoms with van der Waals surface area (Å²) in [6.45, 7) is 0. The van der Waals surface area contributed by atoms with Crippen molar-refractivity contribution >= 4 is 49.4 Å². The van der Waals surface area contributed by atoms with Crippen LogP contribution in [0.4, 0.5) is 0 Å². The fourth-order valence-electron chi connectivity index (χ4n) is 1.23. The van der Waals surface area contributed by atoms with Crippen LogP contribution < -0.4 is 0 Å². The summed E-state index contributed by atoms with van der Waals surface area (Å²) in [5, 5.41) is 1.21. The van der Waals surface area contributed by atoms with E-state index in [1.54, 1.807) is 0 Å². The van der Waals surface area contributed by atoms with E-state index in [9.17, 15) is 0 Å². The predicted molar refractivity (Wildman–Crippen MR) is 67.2 cm³/mol. The van der Waals surface area contributed by atoms with E-state index in [1.807, 2.05) is 6.07 Å². The van der Waals surface area contributed by atoms with Gasteiger partial charge in [-0.2, -0.15) is 0 Å². The van der Waals surface area contributed by atoms with E-state index in [1.165, 1.54) is 10.9 Å². The van der Waals surface area contributed by atoms with Crippen molar-refractivity contribution in [1.82, 2.24) is 4.98 Å². The summed E-state index contributed by atoms with van der Waals surface area (Å²) in [6, 6.07) is 10.4. The summed E-state index contributed by atoms with van der Waals surface area (Å²) in [4.78, 5) is 4.37. The van der Waals surface area contributed by atoms with Crippen LogP contribution in [-0.2, 0) is 4.43 Å². The first-order valence-electron chi connectivity index (χ1n) is 3.91. The standard InChI is InChI=1S/C10H7BrIN/c11-10-4-2-8-5-7(6-12)1-3-9(8)13-10/h1-5H,6H2. The van der Waals surface area contributed by atoms with Gasteiger partial charge < -0.3 is 0 Å². The Morgan fingerprint density at radius 3 is 2.85 bits per heavy atom. The van der Waals surface area contributed by atoms with Gasteiger partial charge in [-0.1, -0.05) is 34.7 Å². The molecule has 1 aromatic carbocycles. The lowest BCUT2D eigenvalue weighted by Gasteiger charge is -1.99. The average molecular weight is 348 g/mol. The number of benzene rings is 1. The number of hydrogen-bond acceptors (Lipinski definition) is 1. The molecule has 0 N–H and O–H groups in total. The molecule has 0 spiro atoms. The second-order valence-electron chi connectivity index (χ2n) is 2.79. The highest BCUT2D eigenvalue weighted by Gasteiger charge is 1.97. The Morgan fingerprint density at radius 1 is 1.23 bits per heavy atom. The Hall–Kier alpha value is -0.160. The first-order valence-corrected chi connectivity index (χ1v) is 6.22. The Labute approximate surface area is 98.8 Å². The molecule has 0 saturated heterocycles. The lowest BCUT2D eigenvalue weighted by atomic mass is 10.1. The summed E-state index contributed by atoms with van der Waals surface area (Å²) in [5.74, 6) is 0. The van der Waals surface area contributed by atoms with Gasteiger partial charge in [0.1, 0.15) is 4.60 Å². The Bertz CT molecular complexity index is 442. The van der Waals surface area contributed by atoms with Crippen LogP contribution in [0, 0.1) is 0 Å². The molecule has 0 radical (unpaired) electrons. The van der Waals surface area contributed by atoms with E-state index in [0.717, 1.165) is 14.5 Å². The van der Waals surface area contributed by atoms with Crippen molar-refractivity contribution in [3.05, 3.63) is 40.5 Å². The Kier molecular flexibility index (Phi) is 2.83. The van der Waals surface area contributed by atoms with E-state index in [2.05, 4.69) is 67.8 Å². The van der Waals surface area contributed by atoms with E-state index in [4.69, 9.17) is 0 Å². The number of rotatable bonds is 1. The van der Waals surface area contributed by atoms with Crippen molar-refractivity contribution in [2.45, 2.75) is 4.43 Å². The summed E-state index contributed by atoms with van der Waals surface area (Å²) in [6.07, 6.45) is 0. The molecular formula is C10H7BrIN. The molecule has 0 aliphatic heterocycles. The van der Waals surface area contributed by atoms with E-state index in [-0.39, 0.29) is 0 Å². The molecule has 0 aliphatic rings. The average Bonchev–Trinajstić information content (AvgIpc) is 2.17. The third kappa shape index (κ3) is 2.02. The highest BCUT2D eigenvalue weighted by Crippen LogP contribution is 2.18. The van der Waals surface area contributed by atoms with Gasteiger partial charge in [-0.25, -0.2) is 4.98 Å². The summed E-state index contributed by atoms with van der Waals surface area (Å²) in [7, 11) is 0. The van der Waals surface area contributed by atoms with Gasteiger partial charge in [0.2, 0.25) is 0 Å². The fourth-order valence-corrected chi connectivity index (χ4v) is 2.03. The highest BCUT2D eigenvalue weighted by molar-refractivity contribution is 14.1. The van der Waals surface area contributed by atoms with Crippen molar-refractivity contribution in [2.24, 2.45) is 0 Å². The molecule has 0 aliphatic carbocycles.